The number of hydrogen-bond donors (Lipinski definition) is 1. The van der Waals surface area contributed by atoms with Crippen molar-refractivity contribution in [3.05, 3.63) is 35.6 Å². The molecule has 1 amide bonds. The minimum atomic E-state index is -0.264. The Bertz CT molecular complexity index is 395. The average molecular weight is 252 g/mol. The Balaban J connectivity index is 2.63. The SMILES string of the molecule is CNCCCC(=O)N(C)C(C)c1ccccc1F. The second kappa shape index (κ2) is 7.11. The summed E-state index contributed by atoms with van der Waals surface area (Å²) in [6.07, 6.45) is 1.28. The summed E-state index contributed by atoms with van der Waals surface area (Å²) in [4.78, 5) is 13.5. The minimum Gasteiger partial charge on any atom is -0.339 e. The first-order valence-electron chi connectivity index (χ1n) is 6.22. The largest absolute Gasteiger partial charge is 0.339 e. The van der Waals surface area contributed by atoms with E-state index in [0.29, 0.717) is 12.0 Å². The van der Waals surface area contributed by atoms with E-state index in [9.17, 15) is 9.18 Å². The van der Waals surface area contributed by atoms with Crippen LogP contribution < -0.4 is 5.32 Å². The molecule has 100 valence electrons. The van der Waals surface area contributed by atoms with Gasteiger partial charge in [0.05, 0.1) is 6.04 Å². The smallest absolute Gasteiger partial charge is 0.222 e. The van der Waals surface area contributed by atoms with Crippen LogP contribution in [0.1, 0.15) is 31.4 Å². The number of nitrogens with zero attached hydrogens (tertiary/aromatic N) is 1. The van der Waals surface area contributed by atoms with Crippen molar-refractivity contribution in [1.29, 1.82) is 0 Å². The van der Waals surface area contributed by atoms with Crippen molar-refractivity contribution in [2.45, 2.75) is 25.8 Å². The van der Waals surface area contributed by atoms with Crippen molar-refractivity contribution in [2.24, 2.45) is 0 Å². The molecule has 1 N–H and O–H groups in total. The van der Waals surface area contributed by atoms with Crippen molar-refractivity contribution >= 4 is 5.91 Å². The van der Waals surface area contributed by atoms with E-state index in [0.717, 1.165) is 13.0 Å². The lowest BCUT2D eigenvalue weighted by molar-refractivity contribution is -0.131. The van der Waals surface area contributed by atoms with Gasteiger partial charge >= 0.3 is 0 Å². The van der Waals surface area contributed by atoms with Crippen LogP contribution in [0.5, 0.6) is 0 Å². The maximum Gasteiger partial charge on any atom is 0.222 e. The second-order valence-corrected chi connectivity index (χ2v) is 4.41. The van der Waals surface area contributed by atoms with E-state index >= 15 is 0 Å². The quantitative estimate of drug-likeness (QED) is 0.788. The molecule has 18 heavy (non-hydrogen) atoms. The molecule has 0 aliphatic carbocycles. The zero-order valence-electron chi connectivity index (χ0n) is 11.2. The maximum absolute atomic E-state index is 13.6. The molecule has 0 saturated carbocycles. The second-order valence-electron chi connectivity index (χ2n) is 4.41. The summed E-state index contributed by atoms with van der Waals surface area (Å²) in [6.45, 7) is 2.65. The summed E-state index contributed by atoms with van der Waals surface area (Å²) >= 11 is 0. The van der Waals surface area contributed by atoms with E-state index in [2.05, 4.69) is 5.32 Å². The number of benzene rings is 1. The van der Waals surface area contributed by atoms with Gasteiger partial charge in [-0.25, -0.2) is 4.39 Å². The lowest BCUT2D eigenvalue weighted by Gasteiger charge is -2.25. The van der Waals surface area contributed by atoms with Gasteiger partial charge in [-0.05, 0) is 33.0 Å². The van der Waals surface area contributed by atoms with E-state index in [1.807, 2.05) is 14.0 Å². The number of carbonyl (C=O) groups excluding carboxylic acids is 1. The van der Waals surface area contributed by atoms with E-state index in [-0.39, 0.29) is 17.8 Å². The molecule has 4 heteroatoms. The summed E-state index contributed by atoms with van der Waals surface area (Å²) in [5.41, 5.74) is 0.557. The molecule has 0 radical (unpaired) electrons. The van der Waals surface area contributed by atoms with Crippen LogP contribution in [-0.2, 0) is 4.79 Å². The fourth-order valence-electron chi connectivity index (χ4n) is 1.83. The number of amides is 1. The van der Waals surface area contributed by atoms with Gasteiger partial charge in [0.2, 0.25) is 5.91 Å². The molecule has 0 fully saturated rings. The first-order chi connectivity index (χ1) is 8.57. The minimum absolute atomic E-state index is 0.0426. The van der Waals surface area contributed by atoms with Crippen LogP contribution in [-0.4, -0.2) is 31.4 Å². The standard InChI is InChI=1S/C14H21FN2O/c1-11(12-7-4-5-8-13(12)15)17(3)14(18)9-6-10-16-2/h4-5,7-8,11,16H,6,9-10H2,1-3H3. The molecular formula is C14H21FN2O. The molecule has 1 unspecified atom stereocenters. The molecule has 3 nitrogen and oxygen atoms in total. The van der Waals surface area contributed by atoms with Gasteiger partial charge in [-0.2, -0.15) is 0 Å². The lowest BCUT2D eigenvalue weighted by atomic mass is 10.1. The van der Waals surface area contributed by atoms with Gasteiger partial charge in [0.1, 0.15) is 5.82 Å². The summed E-state index contributed by atoms with van der Waals surface area (Å²) < 4.78 is 13.6. The first-order valence-corrected chi connectivity index (χ1v) is 6.22. The van der Waals surface area contributed by atoms with Crippen molar-refractivity contribution in [1.82, 2.24) is 10.2 Å². The Morgan fingerprint density at radius 2 is 2.11 bits per heavy atom. The zero-order chi connectivity index (χ0) is 13.5. The molecule has 0 saturated heterocycles. The molecule has 0 aromatic heterocycles. The van der Waals surface area contributed by atoms with Crippen molar-refractivity contribution < 1.29 is 9.18 Å². The molecule has 1 aromatic rings. The molecule has 0 bridgehead atoms. The zero-order valence-corrected chi connectivity index (χ0v) is 11.2. The van der Waals surface area contributed by atoms with Crippen LogP contribution in [0.4, 0.5) is 4.39 Å². The number of hydrogen-bond acceptors (Lipinski definition) is 2. The molecule has 1 atom stereocenters. The van der Waals surface area contributed by atoms with Gasteiger partial charge in [0.15, 0.2) is 0 Å². The van der Waals surface area contributed by atoms with Crippen LogP contribution in [0, 0.1) is 5.82 Å². The van der Waals surface area contributed by atoms with Crippen LogP contribution >= 0.6 is 0 Å². The topological polar surface area (TPSA) is 32.3 Å². The Morgan fingerprint density at radius 3 is 2.72 bits per heavy atom. The fraction of sp³-hybridized carbons (Fsp3) is 0.500. The van der Waals surface area contributed by atoms with E-state index in [1.54, 1.807) is 30.1 Å². The summed E-state index contributed by atoms with van der Waals surface area (Å²) in [5.74, 6) is -0.221. The summed E-state index contributed by atoms with van der Waals surface area (Å²) in [5, 5.41) is 3.00. The molecule has 0 aliphatic heterocycles. The van der Waals surface area contributed by atoms with Gasteiger partial charge in [-0.1, -0.05) is 18.2 Å². The van der Waals surface area contributed by atoms with Crippen LogP contribution in [0.3, 0.4) is 0 Å². The normalized spacial score (nSPS) is 12.2. The van der Waals surface area contributed by atoms with E-state index < -0.39 is 0 Å². The lowest BCUT2D eigenvalue weighted by Crippen LogP contribution is -2.30. The molecular weight excluding hydrogens is 231 g/mol. The van der Waals surface area contributed by atoms with Crippen molar-refractivity contribution in [3.63, 3.8) is 0 Å². The molecule has 1 aromatic carbocycles. The third-order valence-corrected chi connectivity index (χ3v) is 3.15. The molecule has 0 aliphatic rings. The molecule has 1 rings (SSSR count). The third-order valence-electron chi connectivity index (χ3n) is 3.15. The first kappa shape index (κ1) is 14.6. The van der Waals surface area contributed by atoms with E-state index in [4.69, 9.17) is 0 Å². The van der Waals surface area contributed by atoms with Crippen molar-refractivity contribution in [3.8, 4) is 0 Å². The Morgan fingerprint density at radius 1 is 1.44 bits per heavy atom. The Hall–Kier alpha value is -1.42. The number of rotatable bonds is 6. The van der Waals surface area contributed by atoms with Crippen LogP contribution in [0.25, 0.3) is 0 Å². The van der Waals surface area contributed by atoms with Gasteiger partial charge in [-0.3, -0.25) is 4.79 Å². The highest BCUT2D eigenvalue weighted by Crippen LogP contribution is 2.22. The average Bonchev–Trinajstić information content (AvgIpc) is 2.38. The fourth-order valence-corrected chi connectivity index (χ4v) is 1.83. The van der Waals surface area contributed by atoms with Crippen LogP contribution in [0.2, 0.25) is 0 Å². The summed E-state index contributed by atoms with van der Waals surface area (Å²) in [6, 6.07) is 6.34. The highest BCUT2D eigenvalue weighted by atomic mass is 19.1. The predicted octanol–water partition coefficient (Wildman–Crippen LogP) is 2.34. The molecule has 0 heterocycles. The van der Waals surface area contributed by atoms with Gasteiger partial charge in [-0.15, -0.1) is 0 Å². The van der Waals surface area contributed by atoms with Gasteiger partial charge in [0.25, 0.3) is 0 Å². The Labute approximate surface area is 108 Å². The molecule has 0 spiro atoms. The van der Waals surface area contributed by atoms with Crippen LogP contribution in [0.15, 0.2) is 24.3 Å². The van der Waals surface area contributed by atoms with Crippen molar-refractivity contribution in [2.75, 3.05) is 20.6 Å². The third kappa shape index (κ3) is 3.81. The number of halogens is 1. The highest BCUT2D eigenvalue weighted by Gasteiger charge is 2.19. The van der Waals surface area contributed by atoms with Gasteiger partial charge < -0.3 is 10.2 Å². The predicted molar refractivity (Wildman–Crippen MR) is 70.7 cm³/mol. The monoisotopic (exact) mass is 252 g/mol. The van der Waals surface area contributed by atoms with E-state index in [1.165, 1.54) is 6.07 Å². The maximum atomic E-state index is 13.6. The number of carbonyl (C=O) groups is 1. The Kier molecular flexibility index (Phi) is 5.78. The number of nitrogens with one attached hydrogen (secondary N) is 1. The summed E-state index contributed by atoms with van der Waals surface area (Å²) in [7, 11) is 3.58. The highest BCUT2D eigenvalue weighted by molar-refractivity contribution is 5.76. The van der Waals surface area contributed by atoms with Gasteiger partial charge in [0, 0.05) is 19.0 Å².